The van der Waals surface area contributed by atoms with Gasteiger partial charge in [0.25, 0.3) is 0 Å². The van der Waals surface area contributed by atoms with E-state index < -0.39 is 6.67 Å². The summed E-state index contributed by atoms with van der Waals surface area (Å²) >= 11 is 0. The Morgan fingerprint density at radius 3 is 2.75 bits per heavy atom. The van der Waals surface area contributed by atoms with Crippen molar-refractivity contribution in [3.8, 4) is 17.9 Å². The van der Waals surface area contributed by atoms with Crippen LogP contribution >= 0.6 is 0 Å². The van der Waals surface area contributed by atoms with Gasteiger partial charge >= 0.3 is 0 Å². The summed E-state index contributed by atoms with van der Waals surface area (Å²) in [5, 5.41) is 8.52. The molecule has 0 saturated carbocycles. The first-order valence-corrected chi connectivity index (χ1v) is 3.42. The maximum atomic E-state index is 11.6. The number of nitriles is 1. The van der Waals surface area contributed by atoms with Gasteiger partial charge in [-0.15, -0.1) is 0 Å². The molecule has 12 heavy (non-hydrogen) atoms. The Hall–Kier alpha value is -1.80. The molecule has 0 aliphatic heterocycles. The molecule has 0 bridgehead atoms. The van der Waals surface area contributed by atoms with E-state index in [9.17, 15) is 4.39 Å². The summed E-state index contributed by atoms with van der Waals surface area (Å²) in [4.78, 5) is 0. The van der Waals surface area contributed by atoms with E-state index in [4.69, 9.17) is 5.26 Å². The van der Waals surface area contributed by atoms with Gasteiger partial charge in [0.15, 0.2) is 6.67 Å². The van der Waals surface area contributed by atoms with Crippen molar-refractivity contribution in [1.82, 2.24) is 0 Å². The Morgan fingerprint density at radius 2 is 2.08 bits per heavy atom. The summed E-state index contributed by atoms with van der Waals surface area (Å²) in [6, 6.07) is 8.75. The van der Waals surface area contributed by atoms with Crippen LogP contribution in [-0.4, -0.2) is 6.67 Å². The molecule has 0 aromatic heterocycles. The standard InChI is InChI=1S/C10H6FN/c11-6-2-5-9-3-1-4-10(7-9)8-12/h1,3-4,7H,6H2. The predicted molar refractivity (Wildman–Crippen MR) is 44.0 cm³/mol. The number of alkyl halides is 1. The van der Waals surface area contributed by atoms with Crippen LogP contribution in [0.25, 0.3) is 0 Å². The summed E-state index contributed by atoms with van der Waals surface area (Å²) in [5.74, 6) is 4.88. The largest absolute Gasteiger partial charge is 0.237 e. The minimum absolute atomic E-state index is 0.542. The molecule has 1 nitrogen and oxygen atoms in total. The highest BCUT2D eigenvalue weighted by Crippen LogP contribution is 2.01. The van der Waals surface area contributed by atoms with Gasteiger partial charge in [0.05, 0.1) is 11.6 Å². The predicted octanol–water partition coefficient (Wildman–Crippen LogP) is 1.88. The highest BCUT2D eigenvalue weighted by Gasteiger charge is 1.89. The summed E-state index contributed by atoms with van der Waals surface area (Å²) < 4.78 is 11.6. The van der Waals surface area contributed by atoms with E-state index in [0.29, 0.717) is 11.1 Å². The molecule has 0 saturated heterocycles. The van der Waals surface area contributed by atoms with Gasteiger partial charge in [0.2, 0.25) is 0 Å². The Labute approximate surface area is 70.4 Å². The normalized spacial score (nSPS) is 8.00. The smallest absolute Gasteiger partial charge is 0.150 e. The Kier molecular flexibility index (Phi) is 2.87. The molecular weight excluding hydrogens is 153 g/mol. The number of rotatable bonds is 0. The van der Waals surface area contributed by atoms with Gasteiger partial charge in [-0.1, -0.05) is 17.9 Å². The van der Waals surface area contributed by atoms with E-state index in [1.807, 2.05) is 6.07 Å². The fourth-order valence-electron chi connectivity index (χ4n) is 0.802. The maximum absolute atomic E-state index is 11.6. The number of hydrogen-bond donors (Lipinski definition) is 0. The van der Waals surface area contributed by atoms with Crippen molar-refractivity contribution in [3.05, 3.63) is 35.4 Å². The topological polar surface area (TPSA) is 23.8 Å². The molecule has 1 aromatic rings. The minimum atomic E-state index is -0.656. The van der Waals surface area contributed by atoms with Crippen molar-refractivity contribution in [2.24, 2.45) is 0 Å². The lowest BCUT2D eigenvalue weighted by atomic mass is 10.1. The molecule has 0 aliphatic carbocycles. The summed E-state index contributed by atoms with van der Waals surface area (Å²) in [6.07, 6.45) is 0. The van der Waals surface area contributed by atoms with Gasteiger partial charge < -0.3 is 0 Å². The van der Waals surface area contributed by atoms with Crippen molar-refractivity contribution in [2.75, 3.05) is 6.67 Å². The Morgan fingerprint density at radius 1 is 1.33 bits per heavy atom. The van der Waals surface area contributed by atoms with E-state index in [2.05, 4.69) is 11.8 Å². The van der Waals surface area contributed by atoms with Crippen LogP contribution in [0.3, 0.4) is 0 Å². The van der Waals surface area contributed by atoms with Crippen LogP contribution in [0.15, 0.2) is 24.3 Å². The molecule has 0 fully saturated rings. The lowest BCUT2D eigenvalue weighted by Gasteiger charge is -1.89. The maximum Gasteiger partial charge on any atom is 0.150 e. The molecule has 2 heteroatoms. The minimum Gasteiger partial charge on any atom is -0.237 e. The average Bonchev–Trinajstić information content (AvgIpc) is 2.15. The highest BCUT2D eigenvalue weighted by atomic mass is 19.1. The van der Waals surface area contributed by atoms with E-state index in [0.717, 1.165) is 0 Å². The molecule has 1 rings (SSSR count). The van der Waals surface area contributed by atoms with Crippen LogP contribution in [0.2, 0.25) is 0 Å². The third-order valence-corrected chi connectivity index (χ3v) is 1.29. The van der Waals surface area contributed by atoms with Crippen LogP contribution in [0.1, 0.15) is 11.1 Å². The third-order valence-electron chi connectivity index (χ3n) is 1.29. The van der Waals surface area contributed by atoms with Gasteiger partial charge in [0, 0.05) is 5.56 Å². The second kappa shape index (κ2) is 4.16. The molecule has 0 spiro atoms. The molecule has 0 heterocycles. The fourth-order valence-corrected chi connectivity index (χ4v) is 0.802. The van der Waals surface area contributed by atoms with Gasteiger partial charge in [0.1, 0.15) is 0 Å². The molecule has 0 aliphatic rings. The van der Waals surface area contributed by atoms with Crippen LogP contribution in [0.4, 0.5) is 4.39 Å². The van der Waals surface area contributed by atoms with Crippen molar-refractivity contribution < 1.29 is 4.39 Å². The quantitative estimate of drug-likeness (QED) is 0.530. The molecule has 1 aromatic carbocycles. The fraction of sp³-hybridized carbons (Fsp3) is 0.100. The van der Waals surface area contributed by atoms with Gasteiger partial charge in [-0.05, 0) is 18.2 Å². The van der Waals surface area contributed by atoms with E-state index in [-0.39, 0.29) is 0 Å². The van der Waals surface area contributed by atoms with E-state index >= 15 is 0 Å². The van der Waals surface area contributed by atoms with Crippen molar-refractivity contribution in [3.63, 3.8) is 0 Å². The summed E-state index contributed by atoms with van der Waals surface area (Å²) in [6.45, 7) is -0.656. The lowest BCUT2D eigenvalue weighted by Crippen LogP contribution is -1.77. The van der Waals surface area contributed by atoms with Crippen LogP contribution in [0, 0.1) is 23.2 Å². The lowest BCUT2D eigenvalue weighted by molar-refractivity contribution is 0.573. The first-order valence-electron chi connectivity index (χ1n) is 3.42. The molecule has 0 radical (unpaired) electrons. The van der Waals surface area contributed by atoms with Crippen LogP contribution in [0.5, 0.6) is 0 Å². The number of hydrogen-bond acceptors (Lipinski definition) is 1. The summed E-state index contributed by atoms with van der Waals surface area (Å²) in [5.41, 5.74) is 1.22. The number of benzene rings is 1. The molecule has 0 unspecified atom stereocenters. The first-order chi connectivity index (χ1) is 5.86. The third kappa shape index (κ3) is 2.11. The molecule has 0 atom stereocenters. The van der Waals surface area contributed by atoms with E-state index in [1.165, 1.54) is 0 Å². The second-order valence-electron chi connectivity index (χ2n) is 2.13. The van der Waals surface area contributed by atoms with Gasteiger partial charge in [-0.25, -0.2) is 4.39 Å². The zero-order chi connectivity index (χ0) is 8.81. The first kappa shape index (κ1) is 8.30. The average molecular weight is 159 g/mol. The zero-order valence-corrected chi connectivity index (χ0v) is 6.34. The zero-order valence-electron chi connectivity index (χ0n) is 6.34. The highest BCUT2D eigenvalue weighted by molar-refractivity contribution is 5.41. The van der Waals surface area contributed by atoms with Crippen molar-refractivity contribution in [2.45, 2.75) is 0 Å². The van der Waals surface area contributed by atoms with Gasteiger partial charge in [-0.2, -0.15) is 5.26 Å². The van der Waals surface area contributed by atoms with Crippen LogP contribution < -0.4 is 0 Å². The van der Waals surface area contributed by atoms with Crippen LogP contribution in [-0.2, 0) is 0 Å². The Bertz CT molecular complexity index is 365. The monoisotopic (exact) mass is 159 g/mol. The molecule has 58 valence electrons. The van der Waals surface area contributed by atoms with Crippen molar-refractivity contribution in [1.29, 1.82) is 5.26 Å². The Balaban J connectivity index is 2.96. The van der Waals surface area contributed by atoms with Crippen molar-refractivity contribution >= 4 is 0 Å². The van der Waals surface area contributed by atoms with Gasteiger partial charge in [-0.3, -0.25) is 0 Å². The number of nitrogens with zero attached hydrogens (tertiary/aromatic N) is 1. The molecular formula is C10H6FN. The SMILES string of the molecule is N#Cc1cccc(C#CCF)c1. The molecule has 0 amide bonds. The molecule has 0 N–H and O–H groups in total. The summed E-state index contributed by atoms with van der Waals surface area (Å²) in [7, 11) is 0. The van der Waals surface area contributed by atoms with E-state index in [1.54, 1.807) is 24.3 Å². The number of halogens is 1. The second-order valence-corrected chi connectivity index (χ2v) is 2.13.